The number of benzene rings is 1. The highest BCUT2D eigenvalue weighted by Crippen LogP contribution is 2.32. The molecule has 2 heterocycles. The number of carbonyl (C=O) groups is 2. The molecule has 0 bridgehead atoms. The SMILES string of the molecule is O=C1COCC(=O)N1CC(O)c1ccc2c(c1)OCCO2. The minimum absolute atomic E-state index is 0.0966. The van der Waals surface area contributed by atoms with Crippen molar-refractivity contribution in [1.82, 2.24) is 4.90 Å². The van der Waals surface area contributed by atoms with Crippen molar-refractivity contribution in [1.29, 1.82) is 0 Å². The quantitative estimate of drug-likeness (QED) is 0.782. The smallest absolute Gasteiger partial charge is 0.255 e. The van der Waals surface area contributed by atoms with E-state index < -0.39 is 17.9 Å². The van der Waals surface area contributed by atoms with Gasteiger partial charge in [0.1, 0.15) is 26.4 Å². The van der Waals surface area contributed by atoms with E-state index in [0.29, 0.717) is 30.3 Å². The first-order valence-electron chi connectivity index (χ1n) is 6.63. The van der Waals surface area contributed by atoms with Crippen molar-refractivity contribution < 1.29 is 28.9 Å². The van der Waals surface area contributed by atoms with Crippen molar-refractivity contribution in [2.24, 2.45) is 0 Å². The van der Waals surface area contributed by atoms with Crippen molar-refractivity contribution in [2.45, 2.75) is 6.10 Å². The topological polar surface area (TPSA) is 85.3 Å². The first-order valence-corrected chi connectivity index (χ1v) is 6.63. The van der Waals surface area contributed by atoms with E-state index in [1.807, 2.05) is 0 Å². The average molecular weight is 293 g/mol. The van der Waals surface area contributed by atoms with Crippen LogP contribution in [0.2, 0.25) is 0 Å². The van der Waals surface area contributed by atoms with Gasteiger partial charge in [-0.3, -0.25) is 14.5 Å². The molecule has 0 aliphatic carbocycles. The molecule has 1 aromatic carbocycles. The Labute approximate surface area is 121 Å². The third-order valence-electron chi connectivity index (χ3n) is 3.36. The van der Waals surface area contributed by atoms with Crippen LogP contribution in [0.15, 0.2) is 18.2 Å². The Morgan fingerprint density at radius 3 is 2.48 bits per heavy atom. The second kappa shape index (κ2) is 5.71. The summed E-state index contributed by atoms with van der Waals surface area (Å²) in [5, 5.41) is 10.2. The minimum atomic E-state index is -0.980. The van der Waals surface area contributed by atoms with E-state index in [4.69, 9.17) is 14.2 Å². The van der Waals surface area contributed by atoms with Crippen LogP contribution < -0.4 is 9.47 Å². The molecule has 1 atom stereocenters. The number of rotatable bonds is 3. The molecule has 0 saturated carbocycles. The number of amides is 2. The molecule has 3 rings (SSSR count). The summed E-state index contributed by atoms with van der Waals surface area (Å²) >= 11 is 0. The lowest BCUT2D eigenvalue weighted by Crippen LogP contribution is -2.47. The summed E-state index contributed by atoms with van der Waals surface area (Å²) in [5.41, 5.74) is 0.561. The summed E-state index contributed by atoms with van der Waals surface area (Å²) in [6, 6.07) is 5.05. The standard InChI is InChI=1S/C14H15NO6/c16-10(6-15-13(17)7-19-8-14(15)18)9-1-2-11-12(5-9)21-4-3-20-11/h1-2,5,10,16H,3-4,6-8H2. The van der Waals surface area contributed by atoms with Crippen molar-refractivity contribution in [3.05, 3.63) is 23.8 Å². The van der Waals surface area contributed by atoms with E-state index in [1.54, 1.807) is 18.2 Å². The summed E-state index contributed by atoms with van der Waals surface area (Å²) in [6.45, 7) is 0.568. The molecule has 1 aromatic rings. The Morgan fingerprint density at radius 1 is 1.10 bits per heavy atom. The number of β-amino-alcohol motifs (C(OH)–C–C–N with tert-alkyl or cyclic N) is 1. The molecule has 112 valence electrons. The van der Waals surface area contributed by atoms with E-state index in [-0.39, 0.29) is 19.8 Å². The number of morpholine rings is 1. The molecule has 2 aliphatic rings. The highest BCUT2D eigenvalue weighted by molar-refractivity contribution is 5.98. The van der Waals surface area contributed by atoms with Gasteiger partial charge in [-0.1, -0.05) is 6.07 Å². The van der Waals surface area contributed by atoms with Gasteiger partial charge in [0.2, 0.25) is 0 Å². The van der Waals surface area contributed by atoms with Crippen molar-refractivity contribution in [3.63, 3.8) is 0 Å². The largest absolute Gasteiger partial charge is 0.486 e. The van der Waals surface area contributed by atoms with Crippen LogP contribution in [0.4, 0.5) is 0 Å². The lowest BCUT2D eigenvalue weighted by atomic mass is 10.1. The van der Waals surface area contributed by atoms with Gasteiger partial charge in [-0.2, -0.15) is 0 Å². The predicted molar refractivity (Wildman–Crippen MR) is 69.9 cm³/mol. The van der Waals surface area contributed by atoms with Crippen LogP contribution in [0.5, 0.6) is 11.5 Å². The summed E-state index contributed by atoms with van der Waals surface area (Å²) in [7, 11) is 0. The fraction of sp³-hybridized carbons (Fsp3) is 0.429. The maximum atomic E-state index is 11.6. The van der Waals surface area contributed by atoms with Gasteiger partial charge >= 0.3 is 0 Å². The van der Waals surface area contributed by atoms with Gasteiger partial charge in [0.15, 0.2) is 11.5 Å². The first-order chi connectivity index (χ1) is 10.1. The van der Waals surface area contributed by atoms with Crippen LogP contribution in [-0.2, 0) is 14.3 Å². The van der Waals surface area contributed by atoms with Crippen LogP contribution in [0.25, 0.3) is 0 Å². The lowest BCUT2D eigenvalue weighted by molar-refractivity contribution is -0.160. The maximum Gasteiger partial charge on any atom is 0.255 e. The van der Waals surface area contributed by atoms with Crippen LogP contribution in [0.1, 0.15) is 11.7 Å². The molecule has 1 fully saturated rings. The zero-order valence-electron chi connectivity index (χ0n) is 11.3. The maximum absolute atomic E-state index is 11.6. The van der Waals surface area contributed by atoms with Crippen LogP contribution in [0.3, 0.4) is 0 Å². The monoisotopic (exact) mass is 293 g/mol. The zero-order valence-corrected chi connectivity index (χ0v) is 11.3. The normalized spacial score (nSPS) is 19.6. The van der Waals surface area contributed by atoms with E-state index in [2.05, 4.69) is 0 Å². The fourth-order valence-corrected chi connectivity index (χ4v) is 2.27. The molecule has 2 amide bonds. The Bertz CT molecular complexity index is 557. The lowest BCUT2D eigenvalue weighted by Gasteiger charge is -2.27. The van der Waals surface area contributed by atoms with E-state index in [9.17, 15) is 14.7 Å². The van der Waals surface area contributed by atoms with Crippen molar-refractivity contribution in [3.8, 4) is 11.5 Å². The summed E-state index contributed by atoms with van der Waals surface area (Å²) in [6.07, 6.45) is -0.980. The molecule has 1 saturated heterocycles. The highest BCUT2D eigenvalue weighted by atomic mass is 16.6. The van der Waals surface area contributed by atoms with Crippen molar-refractivity contribution in [2.75, 3.05) is 33.0 Å². The third kappa shape index (κ3) is 2.84. The fourth-order valence-electron chi connectivity index (χ4n) is 2.27. The van der Waals surface area contributed by atoms with Crippen LogP contribution >= 0.6 is 0 Å². The Hall–Kier alpha value is -2.12. The molecular formula is C14H15NO6. The molecule has 7 nitrogen and oxygen atoms in total. The molecular weight excluding hydrogens is 278 g/mol. The third-order valence-corrected chi connectivity index (χ3v) is 3.36. The molecule has 0 radical (unpaired) electrons. The van der Waals surface area contributed by atoms with E-state index in [0.717, 1.165) is 4.90 Å². The minimum Gasteiger partial charge on any atom is -0.486 e. The zero-order chi connectivity index (χ0) is 14.8. The number of hydrogen-bond acceptors (Lipinski definition) is 6. The van der Waals surface area contributed by atoms with Crippen LogP contribution in [-0.4, -0.2) is 54.8 Å². The molecule has 0 aromatic heterocycles. The molecule has 0 spiro atoms. The Balaban J connectivity index is 1.74. The van der Waals surface area contributed by atoms with E-state index >= 15 is 0 Å². The van der Waals surface area contributed by atoms with Gasteiger partial charge in [0, 0.05) is 0 Å². The second-order valence-electron chi connectivity index (χ2n) is 4.81. The Kier molecular flexibility index (Phi) is 3.76. The number of hydrogen-bond donors (Lipinski definition) is 1. The van der Waals surface area contributed by atoms with Crippen molar-refractivity contribution >= 4 is 11.8 Å². The molecule has 1 unspecified atom stereocenters. The number of aliphatic hydroxyl groups is 1. The number of imide groups is 1. The van der Waals surface area contributed by atoms with Gasteiger partial charge in [-0.05, 0) is 17.7 Å². The predicted octanol–water partition coefficient (Wildman–Crippen LogP) is -0.123. The van der Waals surface area contributed by atoms with Gasteiger partial charge in [-0.25, -0.2) is 0 Å². The summed E-state index contributed by atoms with van der Waals surface area (Å²) < 4.78 is 15.7. The average Bonchev–Trinajstić information content (AvgIpc) is 2.50. The van der Waals surface area contributed by atoms with Gasteiger partial charge in [0.25, 0.3) is 11.8 Å². The number of ether oxygens (including phenoxy) is 3. The summed E-state index contributed by atoms with van der Waals surface area (Å²) in [4.78, 5) is 24.3. The van der Waals surface area contributed by atoms with E-state index in [1.165, 1.54) is 0 Å². The molecule has 1 N–H and O–H groups in total. The molecule has 7 heteroatoms. The van der Waals surface area contributed by atoms with Gasteiger partial charge in [0.05, 0.1) is 12.6 Å². The van der Waals surface area contributed by atoms with Gasteiger partial charge < -0.3 is 19.3 Å². The van der Waals surface area contributed by atoms with Crippen LogP contribution in [0, 0.1) is 0 Å². The van der Waals surface area contributed by atoms with Gasteiger partial charge in [-0.15, -0.1) is 0 Å². The molecule has 2 aliphatic heterocycles. The number of aliphatic hydroxyl groups excluding tert-OH is 1. The summed E-state index contributed by atoms with van der Waals surface area (Å²) in [5.74, 6) is 0.291. The number of nitrogens with zero attached hydrogens (tertiary/aromatic N) is 1. The molecule has 21 heavy (non-hydrogen) atoms. The first kappa shape index (κ1) is 13.8. The Morgan fingerprint density at radius 2 is 1.76 bits per heavy atom. The second-order valence-corrected chi connectivity index (χ2v) is 4.81. The number of fused-ring (bicyclic) bond motifs is 1. The number of carbonyl (C=O) groups excluding carboxylic acids is 2. The highest BCUT2D eigenvalue weighted by Gasteiger charge is 2.29.